The minimum absolute atomic E-state index is 0.111. The van der Waals surface area contributed by atoms with Gasteiger partial charge in [-0.25, -0.2) is 0 Å². The SMILES string of the molecule is CN1CCC(CC(=O)N(C)CCNC(=O)c2ccc(C(N)=O)[nH]2)CC1. The monoisotopic (exact) mass is 349 g/mol. The van der Waals surface area contributed by atoms with Crippen molar-refractivity contribution in [3.8, 4) is 0 Å². The maximum Gasteiger partial charge on any atom is 0.267 e. The van der Waals surface area contributed by atoms with Gasteiger partial charge in [-0.05, 0) is 51.0 Å². The van der Waals surface area contributed by atoms with E-state index in [1.54, 1.807) is 11.9 Å². The summed E-state index contributed by atoms with van der Waals surface area (Å²) in [7, 11) is 3.85. The second kappa shape index (κ2) is 8.66. The summed E-state index contributed by atoms with van der Waals surface area (Å²) < 4.78 is 0. The van der Waals surface area contributed by atoms with Gasteiger partial charge in [-0.1, -0.05) is 0 Å². The van der Waals surface area contributed by atoms with E-state index in [0.717, 1.165) is 25.9 Å². The third-order valence-corrected chi connectivity index (χ3v) is 4.66. The van der Waals surface area contributed by atoms with Crippen LogP contribution in [0.3, 0.4) is 0 Å². The normalized spacial score (nSPS) is 15.8. The molecule has 8 heteroatoms. The zero-order chi connectivity index (χ0) is 18.4. The lowest BCUT2D eigenvalue weighted by Gasteiger charge is -2.29. The van der Waals surface area contributed by atoms with Gasteiger partial charge >= 0.3 is 0 Å². The number of likely N-dealkylation sites (tertiary alicyclic amines) is 1. The molecular formula is C17H27N5O3. The third kappa shape index (κ3) is 5.60. The highest BCUT2D eigenvalue weighted by molar-refractivity contribution is 5.96. The number of amides is 3. The molecule has 0 bridgehead atoms. The Bertz CT molecular complexity index is 620. The molecular weight excluding hydrogens is 322 g/mol. The molecule has 138 valence electrons. The van der Waals surface area contributed by atoms with E-state index in [0.29, 0.717) is 25.4 Å². The largest absolute Gasteiger partial charge is 0.364 e. The van der Waals surface area contributed by atoms with Crippen LogP contribution in [0.4, 0.5) is 0 Å². The maximum absolute atomic E-state index is 12.3. The number of rotatable bonds is 7. The van der Waals surface area contributed by atoms with E-state index in [9.17, 15) is 14.4 Å². The van der Waals surface area contributed by atoms with Gasteiger partial charge in [0, 0.05) is 26.6 Å². The molecule has 1 aromatic heterocycles. The first-order chi connectivity index (χ1) is 11.9. The van der Waals surface area contributed by atoms with Gasteiger partial charge in [0.1, 0.15) is 11.4 Å². The van der Waals surface area contributed by atoms with Gasteiger partial charge in [0.05, 0.1) is 0 Å². The maximum atomic E-state index is 12.3. The molecule has 0 aliphatic carbocycles. The van der Waals surface area contributed by atoms with Crippen LogP contribution in [-0.2, 0) is 4.79 Å². The predicted molar refractivity (Wildman–Crippen MR) is 94.1 cm³/mol. The lowest BCUT2D eigenvalue weighted by Crippen LogP contribution is -2.38. The number of piperidine rings is 1. The number of aromatic amines is 1. The van der Waals surface area contributed by atoms with Crippen LogP contribution in [0.15, 0.2) is 12.1 Å². The second-order valence-corrected chi connectivity index (χ2v) is 6.67. The molecule has 2 rings (SSSR count). The zero-order valence-corrected chi connectivity index (χ0v) is 14.9. The molecule has 0 spiro atoms. The van der Waals surface area contributed by atoms with E-state index >= 15 is 0 Å². The second-order valence-electron chi connectivity index (χ2n) is 6.67. The van der Waals surface area contributed by atoms with Gasteiger partial charge in [-0.15, -0.1) is 0 Å². The van der Waals surface area contributed by atoms with Crippen molar-refractivity contribution in [1.82, 2.24) is 20.1 Å². The summed E-state index contributed by atoms with van der Waals surface area (Å²) in [5.74, 6) is -0.381. The Labute approximate surface area is 147 Å². The van der Waals surface area contributed by atoms with Crippen molar-refractivity contribution in [2.75, 3.05) is 40.3 Å². The first kappa shape index (κ1) is 19.0. The number of primary amides is 1. The van der Waals surface area contributed by atoms with Crippen LogP contribution in [0.5, 0.6) is 0 Å². The molecule has 1 aliphatic heterocycles. The summed E-state index contributed by atoms with van der Waals surface area (Å²) in [5, 5.41) is 2.72. The molecule has 0 radical (unpaired) electrons. The highest BCUT2D eigenvalue weighted by atomic mass is 16.2. The van der Waals surface area contributed by atoms with E-state index in [1.807, 2.05) is 0 Å². The van der Waals surface area contributed by atoms with Gasteiger partial charge in [-0.3, -0.25) is 14.4 Å². The molecule has 0 unspecified atom stereocenters. The number of nitrogens with zero attached hydrogens (tertiary/aromatic N) is 2. The molecule has 1 fully saturated rings. The summed E-state index contributed by atoms with van der Waals surface area (Å²) in [6.45, 7) is 2.88. The van der Waals surface area contributed by atoms with Gasteiger partial charge in [0.25, 0.3) is 11.8 Å². The molecule has 1 aliphatic rings. The van der Waals surface area contributed by atoms with E-state index in [2.05, 4.69) is 22.2 Å². The van der Waals surface area contributed by atoms with Gasteiger partial charge < -0.3 is 25.8 Å². The Balaban J connectivity index is 1.70. The molecule has 25 heavy (non-hydrogen) atoms. The fourth-order valence-electron chi connectivity index (χ4n) is 2.90. The van der Waals surface area contributed by atoms with Gasteiger partial charge in [0.15, 0.2) is 0 Å². The van der Waals surface area contributed by atoms with Crippen LogP contribution in [0.25, 0.3) is 0 Å². The number of nitrogens with one attached hydrogen (secondary N) is 2. The van der Waals surface area contributed by atoms with Crippen molar-refractivity contribution in [1.29, 1.82) is 0 Å². The average Bonchev–Trinajstić information content (AvgIpc) is 3.07. The van der Waals surface area contributed by atoms with Crippen LogP contribution in [0.2, 0.25) is 0 Å². The number of hydrogen-bond donors (Lipinski definition) is 3. The minimum atomic E-state index is -0.613. The Hall–Kier alpha value is -2.35. The highest BCUT2D eigenvalue weighted by Gasteiger charge is 2.21. The van der Waals surface area contributed by atoms with Crippen molar-refractivity contribution < 1.29 is 14.4 Å². The van der Waals surface area contributed by atoms with Crippen molar-refractivity contribution >= 4 is 17.7 Å². The Morgan fingerprint density at radius 2 is 1.92 bits per heavy atom. The number of carbonyl (C=O) groups excluding carboxylic acids is 3. The van der Waals surface area contributed by atoms with Crippen LogP contribution < -0.4 is 11.1 Å². The van der Waals surface area contributed by atoms with Crippen molar-refractivity contribution in [3.63, 3.8) is 0 Å². The number of H-pyrrole nitrogens is 1. The van der Waals surface area contributed by atoms with Crippen molar-refractivity contribution in [3.05, 3.63) is 23.5 Å². The fourth-order valence-corrected chi connectivity index (χ4v) is 2.90. The molecule has 2 heterocycles. The predicted octanol–water partition coefficient (Wildman–Crippen LogP) is 0.0337. The van der Waals surface area contributed by atoms with Crippen LogP contribution in [0.1, 0.15) is 40.2 Å². The number of likely N-dealkylation sites (N-methyl/N-ethyl adjacent to an activating group) is 1. The van der Waals surface area contributed by atoms with Crippen molar-refractivity contribution in [2.24, 2.45) is 11.7 Å². The summed E-state index contributed by atoms with van der Waals surface area (Å²) >= 11 is 0. The van der Waals surface area contributed by atoms with Crippen LogP contribution in [0, 0.1) is 5.92 Å². The molecule has 0 atom stereocenters. The topological polar surface area (TPSA) is 112 Å². The highest BCUT2D eigenvalue weighted by Crippen LogP contribution is 2.20. The Morgan fingerprint density at radius 1 is 1.28 bits per heavy atom. The number of carbonyl (C=O) groups is 3. The number of aromatic nitrogens is 1. The van der Waals surface area contributed by atoms with Gasteiger partial charge in [-0.2, -0.15) is 0 Å². The minimum Gasteiger partial charge on any atom is -0.364 e. The fraction of sp³-hybridized carbons (Fsp3) is 0.588. The molecule has 8 nitrogen and oxygen atoms in total. The molecule has 1 saturated heterocycles. The summed E-state index contributed by atoms with van der Waals surface area (Å²) in [6.07, 6.45) is 2.68. The van der Waals surface area contributed by atoms with Gasteiger partial charge in [0.2, 0.25) is 5.91 Å². The molecule has 0 saturated carbocycles. The summed E-state index contributed by atoms with van der Waals surface area (Å²) in [5.41, 5.74) is 5.60. The van der Waals surface area contributed by atoms with E-state index in [4.69, 9.17) is 5.73 Å². The first-order valence-electron chi connectivity index (χ1n) is 8.56. The first-order valence-corrected chi connectivity index (χ1v) is 8.56. The lowest BCUT2D eigenvalue weighted by molar-refractivity contribution is -0.131. The molecule has 1 aromatic rings. The average molecular weight is 349 g/mol. The lowest BCUT2D eigenvalue weighted by atomic mass is 9.93. The van der Waals surface area contributed by atoms with Crippen LogP contribution >= 0.6 is 0 Å². The van der Waals surface area contributed by atoms with Crippen LogP contribution in [-0.4, -0.2) is 72.8 Å². The standard InChI is InChI=1S/C17H27N5O3/c1-21-8-5-12(6-9-21)11-15(23)22(2)10-7-19-17(25)14-4-3-13(20-14)16(18)24/h3-4,12,20H,5-11H2,1-2H3,(H2,18,24)(H,19,25). The number of nitrogens with two attached hydrogens (primary N) is 1. The summed E-state index contributed by atoms with van der Waals surface area (Å²) in [4.78, 5) is 41.8. The molecule has 0 aromatic carbocycles. The number of hydrogen-bond acceptors (Lipinski definition) is 4. The molecule has 4 N–H and O–H groups in total. The zero-order valence-electron chi connectivity index (χ0n) is 14.9. The van der Waals surface area contributed by atoms with E-state index < -0.39 is 5.91 Å². The molecule has 3 amide bonds. The summed E-state index contributed by atoms with van der Waals surface area (Å²) in [6, 6.07) is 2.97. The third-order valence-electron chi connectivity index (χ3n) is 4.66. The van der Waals surface area contributed by atoms with E-state index in [1.165, 1.54) is 12.1 Å². The Kier molecular flexibility index (Phi) is 6.58. The Morgan fingerprint density at radius 3 is 2.52 bits per heavy atom. The van der Waals surface area contributed by atoms with Crippen molar-refractivity contribution in [2.45, 2.75) is 19.3 Å². The quantitative estimate of drug-likeness (QED) is 0.645. The van der Waals surface area contributed by atoms with E-state index in [-0.39, 0.29) is 23.2 Å². The smallest absolute Gasteiger partial charge is 0.267 e.